The molecule has 0 saturated heterocycles. The Morgan fingerprint density at radius 2 is 1.79 bits per heavy atom. The van der Waals surface area contributed by atoms with Crippen molar-refractivity contribution in [1.29, 1.82) is 0 Å². The zero-order valence-corrected chi connectivity index (χ0v) is 8.88. The van der Waals surface area contributed by atoms with E-state index in [0.717, 1.165) is 6.42 Å². The summed E-state index contributed by atoms with van der Waals surface area (Å²) in [6.07, 6.45) is 6.82. The van der Waals surface area contributed by atoms with Crippen LogP contribution in [0.4, 0.5) is 0 Å². The topological polar surface area (TPSA) is 0 Å². The summed E-state index contributed by atoms with van der Waals surface area (Å²) in [4.78, 5) is 0. The molecule has 2 rings (SSSR count). The van der Waals surface area contributed by atoms with Crippen molar-refractivity contribution >= 4 is 5.57 Å². The van der Waals surface area contributed by atoms with Gasteiger partial charge in [0.15, 0.2) is 0 Å². The van der Waals surface area contributed by atoms with E-state index >= 15 is 0 Å². The second-order valence-electron chi connectivity index (χ2n) is 3.91. The molecule has 0 saturated carbocycles. The summed E-state index contributed by atoms with van der Waals surface area (Å²) in [5.41, 5.74) is 5.70. The van der Waals surface area contributed by atoms with Crippen molar-refractivity contribution in [2.24, 2.45) is 0 Å². The highest BCUT2D eigenvalue weighted by molar-refractivity contribution is 5.72. The number of allylic oxidation sites excluding steroid dienone is 4. The standard InChI is InChI=1S/C14H16/c1-3-12-6-9-14(10-12)13-7-4-11(2)5-8-13/h4-9H,3,10H2,1-2H3. The van der Waals surface area contributed by atoms with E-state index < -0.39 is 0 Å². The van der Waals surface area contributed by atoms with E-state index in [1.165, 1.54) is 23.1 Å². The van der Waals surface area contributed by atoms with Crippen LogP contribution >= 0.6 is 0 Å². The summed E-state index contributed by atoms with van der Waals surface area (Å²) in [6, 6.07) is 8.79. The van der Waals surface area contributed by atoms with Crippen molar-refractivity contribution in [1.82, 2.24) is 0 Å². The van der Waals surface area contributed by atoms with E-state index in [9.17, 15) is 0 Å². The molecule has 1 aromatic carbocycles. The van der Waals surface area contributed by atoms with Gasteiger partial charge < -0.3 is 0 Å². The molecule has 72 valence electrons. The molecule has 0 radical (unpaired) electrons. The lowest BCUT2D eigenvalue weighted by atomic mass is 10.0. The Bertz CT molecular complexity index is 377. The second kappa shape index (κ2) is 3.83. The first-order valence-electron chi connectivity index (χ1n) is 5.25. The molecule has 0 atom stereocenters. The Kier molecular flexibility index (Phi) is 2.53. The van der Waals surface area contributed by atoms with Crippen LogP contribution in [0.1, 0.15) is 30.9 Å². The van der Waals surface area contributed by atoms with Crippen molar-refractivity contribution in [3.05, 3.63) is 53.1 Å². The van der Waals surface area contributed by atoms with Gasteiger partial charge in [-0.2, -0.15) is 0 Å². The largest absolute Gasteiger partial charge is 0.0661 e. The molecule has 0 unspecified atom stereocenters. The maximum atomic E-state index is 2.26. The van der Waals surface area contributed by atoms with Crippen LogP contribution in [-0.2, 0) is 0 Å². The average molecular weight is 184 g/mol. The number of aryl methyl sites for hydroxylation is 1. The van der Waals surface area contributed by atoms with Gasteiger partial charge in [0, 0.05) is 0 Å². The monoisotopic (exact) mass is 184 g/mol. The van der Waals surface area contributed by atoms with Crippen molar-refractivity contribution in [2.45, 2.75) is 26.7 Å². The quantitative estimate of drug-likeness (QED) is 0.648. The lowest BCUT2D eigenvalue weighted by Gasteiger charge is -2.04. The zero-order chi connectivity index (χ0) is 9.97. The third-order valence-corrected chi connectivity index (χ3v) is 2.81. The second-order valence-corrected chi connectivity index (χ2v) is 3.91. The smallest absolute Gasteiger partial charge is 0.00582 e. The summed E-state index contributed by atoms with van der Waals surface area (Å²) < 4.78 is 0. The molecule has 0 nitrogen and oxygen atoms in total. The van der Waals surface area contributed by atoms with Gasteiger partial charge in [-0.05, 0) is 30.9 Å². The van der Waals surface area contributed by atoms with Crippen LogP contribution in [0.2, 0.25) is 0 Å². The van der Waals surface area contributed by atoms with Gasteiger partial charge in [-0.1, -0.05) is 54.5 Å². The summed E-state index contributed by atoms with van der Waals surface area (Å²) in [5.74, 6) is 0. The zero-order valence-electron chi connectivity index (χ0n) is 8.88. The van der Waals surface area contributed by atoms with Crippen LogP contribution in [-0.4, -0.2) is 0 Å². The molecule has 1 aliphatic rings. The van der Waals surface area contributed by atoms with Gasteiger partial charge in [0.2, 0.25) is 0 Å². The minimum absolute atomic E-state index is 1.14. The average Bonchev–Trinajstić information content (AvgIpc) is 2.67. The molecule has 0 amide bonds. The molecule has 0 spiro atoms. The van der Waals surface area contributed by atoms with Gasteiger partial charge in [0.1, 0.15) is 0 Å². The lowest BCUT2D eigenvalue weighted by Crippen LogP contribution is -1.83. The molecule has 1 aliphatic carbocycles. The molecule has 0 heteroatoms. The number of hydrogen-bond donors (Lipinski definition) is 0. The van der Waals surface area contributed by atoms with Crippen molar-refractivity contribution < 1.29 is 0 Å². The Hall–Kier alpha value is -1.30. The van der Waals surface area contributed by atoms with E-state index in [4.69, 9.17) is 0 Å². The van der Waals surface area contributed by atoms with E-state index in [1.807, 2.05) is 0 Å². The fraction of sp³-hybridized carbons (Fsp3) is 0.286. The fourth-order valence-electron chi connectivity index (χ4n) is 1.79. The Balaban J connectivity index is 2.16. The van der Waals surface area contributed by atoms with E-state index in [2.05, 4.69) is 50.3 Å². The molecule has 1 aromatic rings. The van der Waals surface area contributed by atoms with Crippen molar-refractivity contribution in [2.75, 3.05) is 0 Å². The maximum absolute atomic E-state index is 2.26. The normalized spacial score (nSPS) is 15.3. The summed E-state index contributed by atoms with van der Waals surface area (Å²) in [6.45, 7) is 4.35. The number of hydrogen-bond acceptors (Lipinski definition) is 0. The minimum atomic E-state index is 1.14. The predicted molar refractivity (Wildman–Crippen MR) is 62.1 cm³/mol. The third kappa shape index (κ3) is 1.79. The van der Waals surface area contributed by atoms with Gasteiger partial charge >= 0.3 is 0 Å². The van der Waals surface area contributed by atoms with Gasteiger partial charge in [0.05, 0.1) is 0 Å². The Labute approximate surface area is 86.0 Å². The predicted octanol–water partition coefficient (Wildman–Crippen LogP) is 4.12. The number of rotatable bonds is 2. The lowest BCUT2D eigenvalue weighted by molar-refractivity contribution is 1.06. The van der Waals surface area contributed by atoms with Crippen LogP contribution in [0.15, 0.2) is 42.0 Å². The van der Waals surface area contributed by atoms with E-state index in [0.29, 0.717) is 0 Å². The molecule has 0 heterocycles. The van der Waals surface area contributed by atoms with Crippen molar-refractivity contribution in [3.63, 3.8) is 0 Å². The van der Waals surface area contributed by atoms with Crippen LogP contribution in [0.5, 0.6) is 0 Å². The first-order chi connectivity index (χ1) is 6.79. The van der Waals surface area contributed by atoms with E-state index in [1.54, 1.807) is 5.57 Å². The first-order valence-corrected chi connectivity index (χ1v) is 5.25. The van der Waals surface area contributed by atoms with Crippen LogP contribution in [0.3, 0.4) is 0 Å². The van der Waals surface area contributed by atoms with Crippen LogP contribution < -0.4 is 0 Å². The van der Waals surface area contributed by atoms with Gasteiger partial charge in [-0.15, -0.1) is 0 Å². The van der Waals surface area contributed by atoms with Crippen molar-refractivity contribution in [3.8, 4) is 0 Å². The summed E-state index contributed by atoms with van der Waals surface area (Å²) in [7, 11) is 0. The Morgan fingerprint density at radius 1 is 1.07 bits per heavy atom. The van der Waals surface area contributed by atoms with Gasteiger partial charge in [-0.3, -0.25) is 0 Å². The van der Waals surface area contributed by atoms with E-state index in [-0.39, 0.29) is 0 Å². The fourth-order valence-corrected chi connectivity index (χ4v) is 1.79. The molecular weight excluding hydrogens is 168 g/mol. The molecule has 0 bridgehead atoms. The molecule has 0 aromatic heterocycles. The van der Waals surface area contributed by atoms with Gasteiger partial charge in [0.25, 0.3) is 0 Å². The molecule has 0 N–H and O–H groups in total. The Morgan fingerprint density at radius 3 is 2.36 bits per heavy atom. The SMILES string of the molecule is CCC1=CC=C(c2ccc(C)cc2)C1. The first kappa shape index (κ1) is 9.26. The van der Waals surface area contributed by atoms with Gasteiger partial charge in [-0.25, -0.2) is 0 Å². The highest BCUT2D eigenvalue weighted by Crippen LogP contribution is 2.29. The molecule has 0 aliphatic heterocycles. The molecule has 14 heavy (non-hydrogen) atoms. The third-order valence-electron chi connectivity index (χ3n) is 2.81. The minimum Gasteiger partial charge on any atom is -0.0661 e. The van der Waals surface area contributed by atoms with Crippen LogP contribution in [0.25, 0.3) is 5.57 Å². The summed E-state index contributed by atoms with van der Waals surface area (Å²) in [5, 5.41) is 0. The molecule has 0 fully saturated rings. The summed E-state index contributed by atoms with van der Waals surface area (Å²) >= 11 is 0. The highest BCUT2D eigenvalue weighted by Gasteiger charge is 2.07. The number of benzene rings is 1. The maximum Gasteiger partial charge on any atom is -0.00582 e. The molecular formula is C14H16. The highest BCUT2D eigenvalue weighted by atomic mass is 14.1. The van der Waals surface area contributed by atoms with Crippen LogP contribution in [0, 0.1) is 6.92 Å².